The highest BCUT2D eigenvalue weighted by Crippen LogP contribution is 2.40. The lowest BCUT2D eigenvalue weighted by atomic mass is 10.1. The highest BCUT2D eigenvalue weighted by atomic mass is 16.5. The monoisotopic (exact) mass is 253 g/mol. The van der Waals surface area contributed by atoms with Crippen molar-refractivity contribution in [3.05, 3.63) is 17.7 Å². The predicted octanol–water partition coefficient (Wildman–Crippen LogP) is 2.38. The van der Waals surface area contributed by atoms with Crippen molar-refractivity contribution in [1.82, 2.24) is 0 Å². The highest BCUT2D eigenvalue weighted by molar-refractivity contribution is 5.54. The Morgan fingerprint density at radius 3 is 1.89 bits per heavy atom. The van der Waals surface area contributed by atoms with E-state index in [1.165, 1.54) is 0 Å². The van der Waals surface area contributed by atoms with Crippen molar-refractivity contribution in [3.8, 4) is 17.2 Å². The van der Waals surface area contributed by atoms with Crippen LogP contribution in [0.15, 0.2) is 12.1 Å². The minimum atomic E-state index is -0.310. The summed E-state index contributed by atoms with van der Waals surface area (Å²) in [5.74, 6) is 1.98. The molecule has 0 saturated heterocycles. The topological polar surface area (TPSA) is 53.7 Å². The van der Waals surface area contributed by atoms with E-state index >= 15 is 0 Å². The maximum atomic E-state index is 5.90. The van der Waals surface area contributed by atoms with Crippen molar-refractivity contribution >= 4 is 0 Å². The fourth-order valence-electron chi connectivity index (χ4n) is 1.65. The van der Waals surface area contributed by atoms with Gasteiger partial charge in [0.15, 0.2) is 11.5 Å². The molecule has 0 saturated carbocycles. The third-order valence-electron chi connectivity index (χ3n) is 2.36. The molecule has 2 N–H and O–H groups in total. The smallest absolute Gasteiger partial charge is 0.204 e. The van der Waals surface area contributed by atoms with Gasteiger partial charge in [0.1, 0.15) is 5.60 Å². The van der Waals surface area contributed by atoms with Crippen LogP contribution in [0, 0.1) is 0 Å². The third-order valence-corrected chi connectivity index (χ3v) is 2.36. The summed E-state index contributed by atoms with van der Waals surface area (Å²) in [5.41, 5.74) is 6.34. The zero-order chi connectivity index (χ0) is 13.8. The second-order valence-corrected chi connectivity index (χ2v) is 5.08. The summed E-state index contributed by atoms with van der Waals surface area (Å²) in [6, 6.07) is 3.88. The van der Waals surface area contributed by atoms with E-state index in [-0.39, 0.29) is 5.60 Å². The van der Waals surface area contributed by atoms with Gasteiger partial charge in [-0.05, 0) is 51.4 Å². The van der Waals surface area contributed by atoms with Gasteiger partial charge in [-0.2, -0.15) is 0 Å². The number of ether oxygens (including phenoxy) is 3. The summed E-state index contributed by atoms with van der Waals surface area (Å²) in [7, 11) is 3.24. The summed E-state index contributed by atoms with van der Waals surface area (Å²) in [6.45, 7) is 6.55. The summed E-state index contributed by atoms with van der Waals surface area (Å²) >= 11 is 0. The summed E-state index contributed by atoms with van der Waals surface area (Å²) in [5, 5.41) is 0. The zero-order valence-electron chi connectivity index (χ0n) is 11.9. The third kappa shape index (κ3) is 3.81. The molecule has 0 heterocycles. The average Bonchev–Trinajstić information content (AvgIpc) is 2.29. The van der Waals surface area contributed by atoms with Crippen molar-refractivity contribution in [3.63, 3.8) is 0 Å². The largest absolute Gasteiger partial charge is 0.493 e. The minimum absolute atomic E-state index is 0.310. The number of hydrogen-bond donors (Lipinski definition) is 1. The predicted molar refractivity (Wildman–Crippen MR) is 72.7 cm³/mol. The molecule has 1 aromatic rings. The van der Waals surface area contributed by atoms with E-state index in [9.17, 15) is 0 Å². The maximum absolute atomic E-state index is 5.90. The molecule has 4 nitrogen and oxygen atoms in total. The van der Waals surface area contributed by atoms with Crippen LogP contribution in [0.3, 0.4) is 0 Å². The van der Waals surface area contributed by atoms with Crippen molar-refractivity contribution in [2.75, 3.05) is 20.8 Å². The number of rotatable bonds is 5. The van der Waals surface area contributed by atoms with Gasteiger partial charge in [-0.3, -0.25) is 0 Å². The fraction of sp³-hybridized carbons (Fsp3) is 0.571. The first-order chi connectivity index (χ1) is 8.41. The van der Waals surface area contributed by atoms with E-state index in [1.54, 1.807) is 14.2 Å². The van der Waals surface area contributed by atoms with E-state index in [0.29, 0.717) is 23.8 Å². The second kappa shape index (κ2) is 5.96. The SMILES string of the molecule is COc1cc(CCN)cc(OC)c1OC(C)(C)C. The maximum Gasteiger partial charge on any atom is 0.204 e. The summed E-state index contributed by atoms with van der Waals surface area (Å²) in [6.07, 6.45) is 0.780. The molecule has 4 heteroatoms. The van der Waals surface area contributed by atoms with Crippen LogP contribution >= 0.6 is 0 Å². The minimum Gasteiger partial charge on any atom is -0.493 e. The lowest BCUT2D eigenvalue weighted by Crippen LogP contribution is -2.23. The van der Waals surface area contributed by atoms with Crippen LogP contribution in [0.2, 0.25) is 0 Å². The Kier molecular flexibility index (Phi) is 4.84. The molecule has 0 atom stereocenters. The van der Waals surface area contributed by atoms with Crippen molar-refractivity contribution in [2.24, 2.45) is 5.73 Å². The Bertz CT molecular complexity index is 372. The first-order valence-corrected chi connectivity index (χ1v) is 6.05. The molecule has 0 aliphatic rings. The Morgan fingerprint density at radius 1 is 1.06 bits per heavy atom. The van der Waals surface area contributed by atoms with E-state index in [0.717, 1.165) is 12.0 Å². The van der Waals surface area contributed by atoms with Gasteiger partial charge in [-0.25, -0.2) is 0 Å². The molecule has 1 aromatic carbocycles. The Hall–Kier alpha value is -1.42. The van der Waals surface area contributed by atoms with E-state index in [1.807, 2.05) is 32.9 Å². The quantitative estimate of drug-likeness (QED) is 0.875. The lowest BCUT2D eigenvalue weighted by Gasteiger charge is -2.24. The molecular weight excluding hydrogens is 230 g/mol. The standard InChI is InChI=1S/C14H23NO3/c1-14(2,3)18-13-11(16-4)8-10(6-7-15)9-12(13)17-5/h8-9H,6-7,15H2,1-5H3. The number of hydrogen-bond acceptors (Lipinski definition) is 4. The van der Waals surface area contributed by atoms with Crippen LogP contribution in [0.25, 0.3) is 0 Å². The molecule has 102 valence electrons. The molecule has 0 fully saturated rings. The van der Waals surface area contributed by atoms with Crippen molar-refractivity contribution < 1.29 is 14.2 Å². The molecule has 0 bridgehead atoms. The molecular formula is C14H23NO3. The van der Waals surface area contributed by atoms with Crippen LogP contribution in [0.5, 0.6) is 17.2 Å². The van der Waals surface area contributed by atoms with Gasteiger partial charge >= 0.3 is 0 Å². The Labute approximate surface area is 109 Å². The molecule has 0 spiro atoms. The van der Waals surface area contributed by atoms with Crippen molar-refractivity contribution in [1.29, 1.82) is 0 Å². The number of benzene rings is 1. The number of methoxy groups -OCH3 is 2. The van der Waals surface area contributed by atoms with Crippen LogP contribution in [-0.4, -0.2) is 26.4 Å². The lowest BCUT2D eigenvalue weighted by molar-refractivity contribution is 0.120. The molecule has 0 radical (unpaired) electrons. The van der Waals surface area contributed by atoms with E-state index in [2.05, 4.69) is 0 Å². The highest BCUT2D eigenvalue weighted by Gasteiger charge is 2.20. The van der Waals surface area contributed by atoms with Crippen LogP contribution < -0.4 is 19.9 Å². The Balaban J connectivity index is 3.21. The first-order valence-electron chi connectivity index (χ1n) is 6.05. The van der Waals surface area contributed by atoms with Gasteiger partial charge in [0.05, 0.1) is 14.2 Å². The van der Waals surface area contributed by atoms with Crippen molar-refractivity contribution in [2.45, 2.75) is 32.8 Å². The molecule has 0 aromatic heterocycles. The van der Waals surface area contributed by atoms with Gasteiger partial charge in [0.2, 0.25) is 5.75 Å². The van der Waals surface area contributed by atoms with Gasteiger partial charge in [-0.15, -0.1) is 0 Å². The van der Waals surface area contributed by atoms with Crippen LogP contribution in [-0.2, 0) is 6.42 Å². The second-order valence-electron chi connectivity index (χ2n) is 5.08. The van der Waals surface area contributed by atoms with Gasteiger partial charge < -0.3 is 19.9 Å². The molecule has 0 aliphatic heterocycles. The molecule has 0 aliphatic carbocycles. The summed E-state index contributed by atoms with van der Waals surface area (Å²) < 4.78 is 16.6. The fourth-order valence-corrected chi connectivity index (χ4v) is 1.65. The molecule has 18 heavy (non-hydrogen) atoms. The average molecular weight is 253 g/mol. The molecule has 0 amide bonds. The number of nitrogens with two attached hydrogens (primary N) is 1. The zero-order valence-corrected chi connectivity index (χ0v) is 11.9. The van der Waals surface area contributed by atoms with Crippen LogP contribution in [0.1, 0.15) is 26.3 Å². The van der Waals surface area contributed by atoms with Gasteiger partial charge in [0, 0.05) is 0 Å². The first kappa shape index (κ1) is 14.6. The Morgan fingerprint density at radius 2 is 1.56 bits per heavy atom. The van der Waals surface area contributed by atoms with Gasteiger partial charge in [-0.1, -0.05) is 0 Å². The summed E-state index contributed by atoms with van der Waals surface area (Å²) in [4.78, 5) is 0. The van der Waals surface area contributed by atoms with Gasteiger partial charge in [0.25, 0.3) is 0 Å². The van der Waals surface area contributed by atoms with E-state index < -0.39 is 0 Å². The van der Waals surface area contributed by atoms with E-state index in [4.69, 9.17) is 19.9 Å². The normalized spacial score (nSPS) is 11.2. The molecule has 1 rings (SSSR count). The van der Waals surface area contributed by atoms with Crippen LogP contribution in [0.4, 0.5) is 0 Å². The molecule has 0 unspecified atom stereocenters.